The molecule has 4 heteroatoms. The van der Waals surface area contributed by atoms with E-state index in [1.54, 1.807) is 0 Å². The molecule has 1 aliphatic heterocycles. The molecule has 25 heavy (non-hydrogen) atoms. The van der Waals surface area contributed by atoms with Gasteiger partial charge in [-0.25, -0.2) is 0 Å². The van der Waals surface area contributed by atoms with Gasteiger partial charge in [-0.05, 0) is 71.4 Å². The molecule has 1 heterocycles. The topological polar surface area (TPSA) is 32.3 Å². The summed E-state index contributed by atoms with van der Waals surface area (Å²) in [6.45, 7) is 6.61. The highest BCUT2D eigenvalue weighted by Crippen LogP contribution is 2.25. The zero-order chi connectivity index (χ0) is 17.8. The first-order valence-electron chi connectivity index (χ1n) is 8.95. The van der Waals surface area contributed by atoms with Crippen LogP contribution >= 0.6 is 15.9 Å². The van der Waals surface area contributed by atoms with Crippen molar-refractivity contribution in [2.75, 3.05) is 18.0 Å². The van der Waals surface area contributed by atoms with E-state index in [0.29, 0.717) is 5.56 Å². The molecule has 0 aliphatic carbocycles. The Labute approximate surface area is 158 Å². The summed E-state index contributed by atoms with van der Waals surface area (Å²) in [6, 6.07) is 16.1. The van der Waals surface area contributed by atoms with Gasteiger partial charge in [-0.15, -0.1) is 0 Å². The first kappa shape index (κ1) is 18.0. The number of benzene rings is 2. The molecule has 0 unspecified atom stereocenters. The molecule has 3 nitrogen and oxygen atoms in total. The number of carbonyl (C=O) groups is 1. The highest BCUT2D eigenvalue weighted by Gasteiger charge is 2.17. The van der Waals surface area contributed by atoms with Gasteiger partial charge in [0.05, 0.1) is 11.6 Å². The van der Waals surface area contributed by atoms with Gasteiger partial charge in [-0.1, -0.05) is 31.2 Å². The van der Waals surface area contributed by atoms with Crippen LogP contribution in [0.15, 0.2) is 53.0 Å². The molecule has 1 aliphatic rings. The first-order chi connectivity index (χ1) is 12.0. The van der Waals surface area contributed by atoms with Crippen LogP contribution in [0.5, 0.6) is 0 Å². The number of nitrogens with zero attached hydrogens (tertiary/aromatic N) is 1. The summed E-state index contributed by atoms with van der Waals surface area (Å²) in [5, 5.41) is 3.08. The van der Waals surface area contributed by atoms with E-state index in [1.807, 2.05) is 31.2 Å². The van der Waals surface area contributed by atoms with Gasteiger partial charge in [0.25, 0.3) is 5.91 Å². The van der Waals surface area contributed by atoms with Gasteiger partial charge in [0.15, 0.2) is 0 Å². The van der Waals surface area contributed by atoms with Crippen LogP contribution in [0.25, 0.3) is 0 Å². The summed E-state index contributed by atoms with van der Waals surface area (Å²) >= 11 is 3.44. The van der Waals surface area contributed by atoms with Crippen molar-refractivity contribution in [1.29, 1.82) is 0 Å². The lowest BCUT2D eigenvalue weighted by molar-refractivity contribution is 0.0939. The minimum absolute atomic E-state index is 0.0334. The highest BCUT2D eigenvalue weighted by atomic mass is 79.9. The van der Waals surface area contributed by atoms with E-state index in [2.05, 4.69) is 57.3 Å². The normalized spacial score (nSPS) is 18.7. The molecule has 0 radical (unpaired) electrons. The van der Waals surface area contributed by atoms with E-state index in [1.165, 1.54) is 18.5 Å². The van der Waals surface area contributed by atoms with E-state index in [0.717, 1.165) is 29.0 Å². The maximum Gasteiger partial charge on any atom is 0.252 e. The number of carbonyl (C=O) groups excluding carboxylic acids is 1. The molecule has 0 saturated carbocycles. The number of hydrogen-bond donors (Lipinski definition) is 1. The van der Waals surface area contributed by atoms with Crippen LogP contribution < -0.4 is 10.2 Å². The van der Waals surface area contributed by atoms with Crippen LogP contribution in [-0.2, 0) is 0 Å². The third-order valence-corrected chi connectivity index (χ3v) is 5.57. The molecule has 1 fully saturated rings. The summed E-state index contributed by atoms with van der Waals surface area (Å²) in [5.41, 5.74) is 3.06. The third-order valence-electron chi connectivity index (χ3n) is 4.88. The maximum atomic E-state index is 12.5. The zero-order valence-corrected chi connectivity index (χ0v) is 16.4. The number of amides is 1. The van der Waals surface area contributed by atoms with Crippen molar-refractivity contribution in [3.05, 3.63) is 64.1 Å². The van der Waals surface area contributed by atoms with Gasteiger partial charge in [-0.2, -0.15) is 0 Å². The van der Waals surface area contributed by atoms with Crippen LogP contribution in [0.4, 0.5) is 5.69 Å². The van der Waals surface area contributed by atoms with E-state index in [9.17, 15) is 4.79 Å². The van der Waals surface area contributed by atoms with Gasteiger partial charge >= 0.3 is 0 Å². The van der Waals surface area contributed by atoms with Crippen molar-refractivity contribution in [2.45, 2.75) is 32.7 Å². The Kier molecular flexibility index (Phi) is 5.79. The average molecular weight is 401 g/mol. The molecular weight excluding hydrogens is 376 g/mol. The van der Waals surface area contributed by atoms with Crippen LogP contribution in [-0.4, -0.2) is 19.0 Å². The summed E-state index contributed by atoms with van der Waals surface area (Å²) in [5.74, 6) is 0.699. The Morgan fingerprint density at radius 1 is 1.20 bits per heavy atom. The van der Waals surface area contributed by atoms with E-state index < -0.39 is 0 Å². The monoisotopic (exact) mass is 400 g/mol. The van der Waals surface area contributed by atoms with E-state index in [4.69, 9.17) is 0 Å². The summed E-state index contributed by atoms with van der Waals surface area (Å²) in [7, 11) is 0. The number of anilines is 1. The molecule has 1 saturated heterocycles. The fourth-order valence-electron chi connectivity index (χ4n) is 3.40. The van der Waals surface area contributed by atoms with Gasteiger partial charge in [0, 0.05) is 23.2 Å². The van der Waals surface area contributed by atoms with Crippen molar-refractivity contribution in [1.82, 2.24) is 5.32 Å². The molecule has 3 rings (SSSR count). The second kappa shape index (κ2) is 8.05. The third kappa shape index (κ3) is 4.43. The van der Waals surface area contributed by atoms with Gasteiger partial charge < -0.3 is 10.2 Å². The Bertz CT molecular complexity index is 729. The van der Waals surface area contributed by atoms with Crippen molar-refractivity contribution in [3.63, 3.8) is 0 Å². The minimum Gasteiger partial charge on any atom is -0.371 e. The van der Waals surface area contributed by atoms with Crippen LogP contribution in [0.2, 0.25) is 0 Å². The zero-order valence-electron chi connectivity index (χ0n) is 14.8. The van der Waals surface area contributed by atoms with Crippen LogP contribution in [0, 0.1) is 5.92 Å². The second-order valence-corrected chi connectivity index (χ2v) is 7.81. The number of nitrogens with one attached hydrogen (secondary N) is 1. The van der Waals surface area contributed by atoms with Gasteiger partial charge in [0.1, 0.15) is 0 Å². The van der Waals surface area contributed by atoms with Crippen molar-refractivity contribution < 1.29 is 4.79 Å². The Balaban J connectivity index is 1.65. The standard InChI is InChI=1S/C21H25BrN2O/c1-15-6-5-13-24(14-15)18-11-9-17(10-12-18)16(2)23-21(25)19-7-3-4-8-20(19)22/h3-4,7-12,15-16H,5-6,13-14H2,1-2H3,(H,23,25)/t15-,16-/m1/s1. The lowest BCUT2D eigenvalue weighted by Crippen LogP contribution is -2.34. The number of hydrogen-bond acceptors (Lipinski definition) is 2. The predicted octanol–water partition coefficient (Wildman–Crippen LogP) is 5.18. The SMILES string of the molecule is C[C@@H]1CCCN(c2ccc([C@@H](C)NC(=O)c3ccccc3Br)cc2)C1. The van der Waals surface area contributed by atoms with Crippen molar-refractivity contribution in [2.24, 2.45) is 5.92 Å². The molecule has 2 atom stereocenters. The fourth-order valence-corrected chi connectivity index (χ4v) is 3.87. The molecule has 0 spiro atoms. The molecule has 2 aromatic carbocycles. The molecule has 0 aromatic heterocycles. The summed E-state index contributed by atoms with van der Waals surface area (Å²) in [6.07, 6.45) is 2.59. The van der Waals surface area contributed by atoms with Crippen LogP contribution in [0.1, 0.15) is 48.7 Å². The molecular formula is C21H25BrN2O. The Morgan fingerprint density at radius 3 is 2.60 bits per heavy atom. The van der Waals surface area contributed by atoms with E-state index >= 15 is 0 Å². The average Bonchev–Trinajstić information content (AvgIpc) is 2.62. The lowest BCUT2D eigenvalue weighted by Gasteiger charge is -2.33. The minimum atomic E-state index is -0.0612. The Morgan fingerprint density at radius 2 is 1.92 bits per heavy atom. The largest absolute Gasteiger partial charge is 0.371 e. The number of rotatable bonds is 4. The Hall–Kier alpha value is -1.81. The predicted molar refractivity (Wildman–Crippen MR) is 107 cm³/mol. The van der Waals surface area contributed by atoms with Crippen LogP contribution in [0.3, 0.4) is 0 Å². The van der Waals surface area contributed by atoms with E-state index in [-0.39, 0.29) is 11.9 Å². The molecule has 132 valence electrons. The quantitative estimate of drug-likeness (QED) is 0.766. The summed E-state index contributed by atoms with van der Waals surface area (Å²) < 4.78 is 0.814. The molecule has 2 aromatic rings. The highest BCUT2D eigenvalue weighted by molar-refractivity contribution is 9.10. The lowest BCUT2D eigenvalue weighted by atomic mass is 9.99. The first-order valence-corrected chi connectivity index (χ1v) is 9.74. The number of halogens is 1. The molecule has 1 amide bonds. The van der Waals surface area contributed by atoms with Gasteiger partial charge in [-0.3, -0.25) is 4.79 Å². The molecule has 0 bridgehead atoms. The number of piperidine rings is 1. The summed E-state index contributed by atoms with van der Waals surface area (Å²) in [4.78, 5) is 14.9. The van der Waals surface area contributed by atoms with Gasteiger partial charge in [0.2, 0.25) is 0 Å². The fraction of sp³-hybridized carbons (Fsp3) is 0.381. The molecule has 1 N–H and O–H groups in total. The van der Waals surface area contributed by atoms with Crippen molar-refractivity contribution >= 4 is 27.5 Å². The maximum absolute atomic E-state index is 12.5. The van der Waals surface area contributed by atoms with Crippen molar-refractivity contribution in [3.8, 4) is 0 Å². The smallest absolute Gasteiger partial charge is 0.252 e. The second-order valence-electron chi connectivity index (χ2n) is 6.96.